The zero-order chi connectivity index (χ0) is 14.0. The van der Waals surface area contributed by atoms with Gasteiger partial charge < -0.3 is 15.5 Å². The van der Waals surface area contributed by atoms with E-state index in [4.69, 9.17) is 0 Å². The summed E-state index contributed by atoms with van der Waals surface area (Å²) in [5.41, 5.74) is 2.37. The van der Waals surface area contributed by atoms with Crippen molar-refractivity contribution in [1.29, 1.82) is 0 Å². The molecule has 2 aromatic carbocycles. The summed E-state index contributed by atoms with van der Waals surface area (Å²) in [5, 5.41) is 22.3. The molecule has 0 fully saturated rings. The van der Waals surface area contributed by atoms with Crippen molar-refractivity contribution < 1.29 is 14.6 Å². The molecule has 100 valence electrons. The molecule has 4 heteroatoms. The van der Waals surface area contributed by atoms with Crippen LogP contribution in [0.15, 0.2) is 36.4 Å². The van der Waals surface area contributed by atoms with Crippen molar-refractivity contribution in [2.45, 2.75) is 19.9 Å². The van der Waals surface area contributed by atoms with Gasteiger partial charge in [-0.2, -0.15) is 0 Å². The number of phenols is 2. The molecule has 0 amide bonds. The van der Waals surface area contributed by atoms with Crippen LogP contribution in [0, 0.1) is 12.7 Å². The lowest BCUT2D eigenvalue weighted by Gasteiger charge is -2.18. The lowest BCUT2D eigenvalue weighted by Crippen LogP contribution is -2.08. The van der Waals surface area contributed by atoms with E-state index < -0.39 is 5.82 Å². The summed E-state index contributed by atoms with van der Waals surface area (Å²) in [6, 6.07) is 8.80. The second-order valence-corrected chi connectivity index (χ2v) is 4.57. The van der Waals surface area contributed by atoms with Gasteiger partial charge in [0.15, 0.2) is 0 Å². The third-order valence-corrected chi connectivity index (χ3v) is 3.04. The topological polar surface area (TPSA) is 52.5 Å². The Kier molecular flexibility index (Phi) is 3.60. The van der Waals surface area contributed by atoms with Crippen LogP contribution in [0.25, 0.3) is 0 Å². The number of rotatable bonds is 3. The second kappa shape index (κ2) is 5.18. The zero-order valence-corrected chi connectivity index (χ0v) is 10.8. The SMILES string of the molecule is Cc1cc(O)ccc1NC(C)c1ccc(F)cc1O. The third-order valence-electron chi connectivity index (χ3n) is 3.04. The van der Waals surface area contributed by atoms with Gasteiger partial charge in [-0.25, -0.2) is 4.39 Å². The molecule has 2 rings (SSSR count). The van der Waals surface area contributed by atoms with E-state index in [0.29, 0.717) is 5.56 Å². The number of halogens is 1. The molecule has 0 aromatic heterocycles. The summed E-state index contributed by atoms with van der Waals surface area (Å²) in [7, 11) is 0. The summed E-state index contributed by atoms with van der Waals surface area (Å²) in [6.45, 7) is 3.75. The molecule has 0 saturated heterocycles. The van der Waals surface area contributed by atoms with Gasteiger partial charge in [0, 0.05) is 17.3 Å². The number of aryl methyl sites for hydroxylation is 1. The third kappa shape index (κ3) is 2.96. The van der Waals surface area contributed by atoms with Crippen LogP contribution in [-0.4, -0.2) is 10.2 Å². The Balaban J connectivity index is 2.23. The fourth-order valence-corrected chi connectivity index (χ4v) is 2.00. The van der Waals surface area contributed by atoms with Gasteiger partial charge in [-0.3, -0.25) is 0 Å². The minimum atomic E-state index is -0.464. The number of benzene rings is 2. The summed E-state index contributed by atoms with van der Waals surface area (Å²) in [6.07, 6.45) is 0. The van der Waals surface area contributed by atoms with E-state index in [9.17, 15) is 14.6 Å². The van der Waals surface area contributed by atoms with E-state index in [1.807, 2.05) is 13.8 Å². The lowest BCUT2D eigenvalue weighted by molar-refractivity contribution is 0.459. The predicted molar refractivity (Wildman–Crippen MR) is 72.9 cm³/mol. The van der Waals surface area contributed by atoms with Crippen LogP contribution >= 0.6 is 0 Å². The highest BCUT2D eigenvalue weighted by Gasteiger charge is 2.12. The molecular weight excluding hydrogens is 245 g/mol. The number of aromatic hydroxyl groups is 2. The Morgan fingerprint density at radius 1 is 1.11 bits per heavy atom. The molecule has 0 radical (unpaired) electrons. The molecule has 3 N–H and O–H groups in total. The molecule has 1 unspecified atom stereocenters. The predicted octanol–water partition coefficient (Wildman–Crippen LogP) is 3.72. The molecule has 0 aliphatic carbocycles. The fourth-order valence-electron chi connectivity index (χ4n) is 2.00. The van der Waals surface area contributed by atoms with Crippen LogP contribution in [-0.2, 0) is 0 Å². The Hall–Kier alpha value is -2.23. The van der Waals surface area contributed by atoms with Gasteiger partial charge in [0.25, 0.3) is 0 Å². The van der Waals surface area contributed by atoms with Gasteiger partial charge in [-0.1, -0.05) is 6.07 Å². The van der Waals surface area contributed by atoms with E-state index in [1.54, 1.807) is 24.3 Å². The Morgan fingerprint density at radius 3 is 2.47 bits per heavy atom. The first-order chi connectivity index (χ1) is 8.97. The zero-order valence-electron chi connectivity index (χ0n) is 10.8. The molecule has 1 atom stereocenters. The maximum Gasteiger partial charge on any atom is 0.126 e. The van der Waals surface area contributed by atoms with Crippen molar-refractivity contribution in [2.24, 2.45) is 0 Å². The smallest absolute Gasteiger partial charge is 0.126 e. The van der Waals surface area contributed by atoms with E-state index >= 15 is 0 Å². The minimum absolute atomic E-state index is 0.0727. The number of anilines is 1. The van der Waals surface area contributed by atoms with Crippen LogP contribution < -0.4 is 5.32 Å². The van der Waals surface area contributed by atoms with Crippen molar-refractivity contribution >= 4 is 5.69 Å². The van der Waals surface area contributed by atoms with Crippen molar-refractivity contribution in [2.75, 3.05) is 5.32 Å². The maximum absolute atomic E-state index is 12.9. The number of phenolic OH excluding ortho intramolecular Hbond substituents is 2. The van der Waals surface area contributed by atoms with Crippen molar-refractivity contribution in [1.82, 2.24) is 0 Å². The molecule has 0 aliphatic heterocycles. The molecular formula is C15H16FNO2. The fraction of sp³-hybridized carbons (Fsp3) is 0.200. The van der Waals surface area contributed by atoms with Gasteiger partial charge in [0.2, 0.25) is 0 Å². The first kappa shape index (κ1) is 13.2. The first-order valence-corrected chi connectivity index (χ1v) is 6.02. The van der Waals surface area contributed by atoms with Crippen LogP contribution in [0.5, 0.6) is 11.5 Å². The second-order valence-electron chi connectivity index (χ2n) is 4.57. The number of hydrogen-bond acceptors (Lipinski definition) is 3. The average Bonchev–Trinajstić information content (AvgIpc) is 2.32. The molecule has 0 bridgehead atoms. The Bertz CT molecular complexity index is 599. The number of hydrogen-bond donors (Lipinski definition) is 3. The van der Waals surface area contributed by atoms with Gasteiger partial charge in [-0.05, 0) is 43.7 Å². The Labute approximate surface area is 111 Å². The van der Waals surface area contributed by atoms with Gasteiger partial charge in [0.1, 0.15) is 17.3 Å². The molecule has 0 saturated carbocycles. The molecule has 2 aromatic rings. The van der Waals surface area contributed by atoms with Crippen molar-refractivity contribution in [3.05, 3.63) is 53.3 Å². The summed E-state index contributed by atoms with van der Waals surface area (Å²) in [5.74, 6) is -0.328. The minimum Gasteiger partial charge on any atom is -0.508 e. The van der Waals surface area contributed by atoms with Gasteiger partial charge in [0.05, 0.1) is 6.04 Å². The summed E-state index contributed by atoms with van der Waals surface area (Å²) in [4.78, 5) is 0. The van der Waals surface area contributed by atoms with Crippen LogP contribution in [0.4, 0.5) is 10.1 Å². The lowest BCUT2D eigenvalue weighted by atomic mass is 10.1. The standard InChI is InChI=1S/C15H16FNO2/c1-9-7-12(18)4-6-14(9)17-10(2)13-5-3-11(16)8-15(13)19/h3-8,10,17-19H,1-2H3. The molecule has 0 heterocycles. The van der Waals surface area contributed by atoms with Crippen LogP contribution in [0.3, 0.4) is 0 Å². The molecule has 0 spiro atoms. The van der Waals surface area contributed by atoms with Crippen LogP contribution in [0.1, 0.15) is 24.1 Å². The van der Waals surface area contributed by atoms with Gasteiger partial charge >= 0.3 is 0 Å². The highest BCUT2D eigenvalue weighted by Crippen LogP contribution is 2.29. The normalized spacial score (nSPS) is 12.2. The largest absolute Gasteiger partial charge is 0.508 e. The summed E-state index contributed by atoms with van der Waals surface area (Å²) >= 11 is 0. The quantitative estimate of drug-likeness (QED) is 0.738. The van der Waals surface area contributed by atoms with Crippen molar-refractivity contribution in [3.8, 4) is 11.5 Å². The highest BCUT2D eigenvalue weighted by molar-refractivity contribution is 5.55. The van der Waals surface area contributed by atoms with E-state index in [2.05, 4.69) is 5.32 Å². The van der Waals surface area contributed by atoms with E-state index in [-0.39, 0.29) is 17.5 Å². The average molecular weight is 261 g/mol. The maximum atomic E-state index is 12.9. The monoisotopic (exact) mass is 261 g/mol. The highest BCUT2D eigenvalue weighted by atomic mass is 19.1. The van der Waals surface area contributed by atoms with Crippen LogP contribution in [0.2, 0.25) is 0 Å². The Morgan fingerprint density at radius 2 is 1.84 bits per heavy atom. The molecule has 0 aliphatic rings. The molecule has 3 nitrogen and oxygen atoms in total. The number of nitrogens with one attached hydrogen (secondary N) is 1. The van der Waals surface area contributed by atoms with E-state index in [0.717, 1.165) is 17.3 Å². The van der Waals surface area contributed by atoms with Crippen molar-refractivity contribution in [3.63, 3.8) is 0 Å². The first-order valence-electron chi connectivity index (χ1n) is 6.02. The van der Waals surface area contributed by atoms with Gasteiger partial charge in [-0.15, -0.1) is 0 Å². The summed E-state index contributed by atoms with van der Waals surface area (Å²) < 4.78 is 12.9. The molecule has 19 heavy (non-hydrogen) atoms. The van der Waals surface area contributed by atoms with E-state index in [1.165, 1.54) is 6.07 Å².